The maximum atomic E-state index is 11.1. The molecule has 1 saturated heterocycles. The van der Waals surface area contributed by atoms with Crippen molar-refractivity contribution in [2.45, 2.75) is 38.6 Å². The van der Waals surface area contributed by atoms with E-state index in [2.05, 4.69) is 38.3 Å². The van der Waals surface area contributed by atoms with E-state index in [-0.39, 0.29) is 29.9 Å². The molecule has 0 bridgehead atoms. The smallest absolute Gasteiger partial charge is 0.305 e. The van der Waals surface area contributed by atoms with Crippen LogP contribution in [0.25, 0.3) is 0 Å². The molecule has 2 N–H and O–H groups in total. The van der Waals surface area contributed by atoms with E-state index < -0.39 is 0 Å². The fourth-order valence-electron chi connectivity index (χ4n) is 2.97. The van der Waals surface area contributed by atoms with Gasteiger partial charge < -0.3 is 20.3 Å². The van der Waals surface area contributed by atoms with E-state index in [9.17, 15) is 4.79 Å². The van der Waals surface area contributed by atoms with Gasteiger partial charge in [-0.3, -0.25) is 9.79 Å². The number of esters is 1. The predicted octanol–water partition coefficient (Wildman–Crippen LogP) is 3.44. The topological polar surface area (TPSA) is 66.0 Å². The Balaban J connectivity index is 0.00000364. The van der Waals surface area contributed by atoms with Crippen LogP contribution in [0.3, 0.4) is 0 Å². The van der Waals surface area contributed by atoms with E-state index in [1.165, 1.54) is 7.11 Å². The second kappa shape index (κ2) is 13.0. The molecule has 152 valence electrons. The summed E-state index contributed by atoms with van der Waals surface area (Å²) in [6, 6.07) is 8.33. The minimum absolute atomic E-state index is 0. The number of ether oxygens (including phenoxy) is 1. The molecule has 8 heteroatoms. The first kappa shape index (κ1) is 23.8. The zero-order valence-electron chi connectivity index (χ0n) is 16.0. The summed E-state index contributed by atoms with van der Waals surface area (Å²) in [5.41, 5.74) is 1.16. The number of unbranched alkanes of at least 4 members (excludes halogenated alkanes) is 1. The Bertz CT molecular complexity index is 615. The van der Waals surface area contributed by atoms with E-state index >= 15 is 0 Å². The molecule has 1 unspecified atom stereocenters. The van der Waals surface area contributed by atoms with Crippen molar-refractivity contribution in [2.24, 2.45) is 4.99 Å². The van der Waals surface area contributed by atoms with E-state index in [4.69, 9.17) is 11.6 Å². The zero-order valence-corrected chi connectivity index (χ0v) is 19.1. The molecule has 0 radical (unpaired) electrons. The monoisotopic (exact) mass is 508 g/mol. The van der Waals surface area contributed by atoms with Crippen LogP contribution < -0.4 is 15.5 Å². The lowest BCUT2D eigenvalue weighted by Crippen LogP contribution is -2.44. The molecule has 1 fully saturated rings. The number of nitrogens with zero attached hydrogens (tertiary/aromatic N) is 2. The maximum Gasteiger partial charge on any atom is 0.305 e. The van der Waals surface area contributed by atoms with E-state index in [1.54, 1.807) is 0 Å². The highest BCUT2D eigenvalue weighted by Gasteiger charge is 2.23. The van der Waals surface area contributed by atoms with Gasteiger partial charge in [0.2, 0.25) is 0 Å². The summed E-state index contributed by atoms with van der Waals surface area (Å²) in [4.78, 5) is 18.1. The minimum Gasteiger partial charge on any atom is -0.469 e. The molecule has 1 aliphatic rings. The number of rotatable bonds is 8. The van der Waals surface area contributed by atoms with Crippen LogP contribution >= 0.6 is 35.6 Å². The van der Waals surface area contributed by atoms with Crippen LogP contribution in [0.2, 0.25) is 5.02 Å². The third kappa shape index (κ3) is 8.55. The number of aliphatic imine (C=N–C) groups is 1. The van der Waals surface area contributed by atoms with Gasteiger partial charge in [0.15, 0.2) is 5.96 Å². The van der Waals surface area contributed by atoms with Crippen molar-refractivity contribution in [2.75, 3.05) is 38.2 Å². The van der Waals surface area contributed by atoms with Crippen LogP contribution in [0.1, 0.15) is 32.6 Å². The van der Waals surface area contributed by atoms with Crippen LogP contribution in [-0.4, -0.2) is 51.3 Å². The van der Waals surface area contributed by atoms with E-state index in [0.717, 1.165) is 55.6 Å². The molecule has 1 aromatic rings. The average molecular weight is 509 g/mol. The number of guanidine groups is 1. The summed E-state index contributed by atoms with van der Waals surface area (Å²) in [7, 11) is 1.42. The Kier molecular flexibility index (Phi) is 11.5. The van der Waals surface area contributed by atoms with Crippen molar-refractivity contribution in [3.05, 3.63) is 29.3 Å². The van der Waals surface area contributed by atoms with Crippen molar-refractivity contribution < 1.29 is 9.53 Å². The van der Waals surface area contributed by atoms with Crippen LogP contribution in [0.4, 0.5) is 5.69 Å². The number of hydrogen-bond donors (Lipinski definition) is 2. The third-order valence-corrected chi connectivity index (χ3v) is 4.57. The number of carbonyl (C=O) groups excluding carboxylic acids is 1. The molecule has 0 aromatic heterocycles. The van der Waals surface area contributed by atoms with Gasteiger partial charge in [-0.05, 0) is 44.4 Å². The quantitative estimate of drug-likeness (QED) is 0.185. The SMILES string of the molecule is CCNC(=NCCCCC(=O)OC)NC1CCN(c2cccc(Cl)c2)C1.I. The molecule has 6 nitrogen and oxygen atoms in total. The van der Waals surface area contributed by atoms with Crippen LogP contribution in [0.15, 0.2) is 29.3 Å². The number of nitrogens with one attached hydrogen (secondary N) is 2. The lowest BCUT2D eigenvalue weighted by atomic mass is 10.2. The summed E-state index contributed by atoms with van der Waals surface area (Å²) < 4.78 is 4.65. The third-order valence-electron chi connectivity index (χ3n) is 4.33. The molecule has 0 spiro atoms. The second-order valence-corrected chi connectivity index (χ2v) is 6.79. The molecular weight excluding hydrogens is 479 g/mol. The molecular formula is C19H30ClIN4O2. The summed E-state index contributed by atoms with van der Waals surface area (Å²) in [5.74, 6) is 0.676. The Hall–Kier alpha value is -1.22. The Labute approximate surface area is 184 Å². The number of carbonyl (C=O) groups is 1. The highest BCUT2D eigenvalue weighted by atomic mass is 127. The maximum absolute atomic E-state index is 11.1. The molecule has 27 heavy (non-hydrogen) atoms. The van der Waals surface area contributed by atoms with Gasteiger partial charge in [-0.25, -0.2) is 0 Å². The Morgan fingerprint density at radius 3 is 2.93 bits per heavy atom. The molecule has 1 atom stereocenters. The first-order valence-corrected chi connectivity index (χ1v) is 9.62. The van der Waals surface area contributed by atoms with Crippen LogP contribution in [-0.2, 0) is 9.53 Å². The van der Waals surface area contributed by atoms with Gasteiger partial charge in [0, 0.05) is 49.4 Å². The summed E-state index contributed by atoms with van der Waals surface area (Å²) in [6.07, 6.45) is 3.17. The standard InChI is InChI=1S/C19H29ClN4O2.HI/c1-3-21-19(22-11-5-4-9-18(25)26-2)23-16-10-12-24(14-16)17-8-6-7-15(20)13-17;/h6-8,13,16H,3-5,9-12,14H2,1-2H3,(H2,21,22,23);1H. The molecule has 1 aliphatic heterocycles. The number of halogens is 2. The van der Waals surface area contributed by atoms with Gasteiger partial charge in [0.05, 0.1) is 7.11 Å². The zero-order chi connectivity index (χ0) is 18.8. The summed E-state index contributed by atoms with van der Waals surface area (Å²) in [5, 5.41) is 7.57. The van der Waals surface area contributed by atoms with E-state index in [1.807, 2.05) is 18.2 Å². The number of methoxy groups -OCH3 is 1. The molecule has 0 amide bonds. The second-order valence-electron chi connectivity index (χ2n) is 6.35. The van der Waals surface area contributed by atoms with Gasteiger partial charge in [0.25, 0.3) is 0 Å². The lowest BCUT2D eigenvalue weighted by Gasteiger charge is -2.20. The highest BCUT2D eigenvalue weighted by molar-refractivity contribution is 14.0. The molecule has 1 aromatic carbocycles. The lowest BCUT2D eigenvalue weighted by molar-refractivity contribution is -0.140. The normalized spacial score (nSPS) is 16.6. The van der Waals surface area contributed by atoms with Gasteiger partial charge in [-0.2, -0.15) is 0 Å². The van der Waals surface area contributed by atoms with Gasteiger partial charge >= 0.3 is 5.97 Å². The minimum atomic E-state index is -0.161. The number of hydrogen-bond acceptors (Lipinski definition) is 4. The van der Waals surface area contributed by atoms with Gasteiger partial charge in [0.1, 0.15) is 0 Å². The average Bonchev–Trinajstić information content (AvgIpc) is 3.10. The summed E-state index contributed by atoms with van der Waals surface area (Å²) in [6.45, 7) is 5.49. The molecule has 0 saturated carbocycles. The van der Waals surface area contributed by atoms with Gasteiger partial charge in [-0.15, -0.1) is 24.0 Å². The van der Waals surface area contributed by atoms with Crippen molar-refractivity contribution in [3.63, 3.8) is 0 Å². The van der Waals surface area contributed by atoms with Crippen molar-refractivity contribution >= 4 is 53.2 Å². The largest absolute Gasteiger partial charge is 0.469 e. The van der Waals surface area contributed by atoms with Crippen molar-refractivity contribution in [3.8, 4) is 0 Å². The van der Waals surface area contributed by atoms with Crippen LogP contribution in [0.5, 0.6) is 0 Å². The number of benzene rings is 1. The van der Waals surface area contributed by atoms with Gasteiger partial charge in [-0.1, -0.05) is 17.7 Å². The molecule has 1 heterocycles. The fraction of sp³-hybridized carbons (Fsp3) is 0.579. The Morgan fingerprint density at radius 2 is 2.22 bits per heavy atom. The molecule has 0 aliphatic carbocycles. The first-order valence-electron chi connectivity index (χ1n) is 9.24. The first-order chi connectivity index (χ1) is 12.6. The fourth-order valence-corrected chi connectivity index (χ4v) is 3.16. The predicted molar refractivity (Wildman–Crippen MR) is 122 cm³/mol. The summed E-state index contributed by atoms with van der Waals surface area (Å²) >= 11 is 6.10. The molecule has 2 rings (SSSR count). The van der Waals surface area contributed by atoms with Crippen molar-refractivity contribution in [1.29, 1.82) is 0 Å². The van der Waals surface area contributed by atoms with Crippen molar-refractivity contribution in [1.82, 2.24) is 10.6 Å². The highest BCUT2D eigenvalue weighted by Crippen LogP contribution is 2.23. The van der Waals surface area contributed by atoms with E-state index in [0.29, 0.717) is 19.0 Å². The Morgan fingerprint density at radius 1 is 1.41 bits per heavy atom. The number of anilines is 1. The van der Waals surface area contributed by atoms with Crippen LogP contribution in [0, 0.1) is 0 Å².